The molecule has 23 heavy (non-hydrogen) atoms. The van der Waals surface area contributed by atoms with Crippen LogP contribution in [0, 0.1) is 6.92 Å². The van der Waals surface area contributed by atoms with Gasteiger partial charge in [0.1, 0.15) is 0 Å². The Labute approximate surface area is 139 Å². The highest BCUT2D eigenvalue weighted by Gasteiger charge is 2.27. The molecule has 5 nitrogen and oxygen atoms in total. The molecule has 1 fully saturated rings. The van der Waals surface area contributed by atoms with E-state index in [-0.39, 0.29) is 5.91 Å². The second kappa shape index (κ2) is 8.20. The van der Waals surface area contributed by atoms with Gasteiger partial charge in [-0.25, -0.2) is 0 Å². The van der Waals surface area contributed by atoms with Crippen molar-refractivity contribution in [3.63, 3.8) is 0 Å². The number of piperidine rings is 1. The van der Waals surface area contributed by atoms with E-state index < -0.39 is 0 Å². The van der Waals surface area contributed by atoms with Gasteiger partial charge >= 0.3 is 0 Å². The van der Waals surface area contributed by atoms with Gasteiger partial charge in [0, 0.05) is 18.2 Å². The van der Waals surface area contributed by atoms with Crippen molar-refractivity contribution < 1.29 is 14.3 Å². The average molecular weight is 320 g/mol. The fraction of sp³-hybridized carbons (Fsp3) is 0.611. The van der Waals surface area contributed by atoms with Crippen molar-refractivity contribution in [1.29, 1.82) is 0 Å². The summed E-state index contributed by atoms with van der Waals surface area (Å²) in [5, 5.41) is 3.36. The second-order valence-electron chi connectivity index (χ2n) is 6.00. The Morgan fingerprint density at radius 1 is 1.22 bits per heavy atom. The minimum atomic E-state index is 0.0946. The van der Waals surface area contributed by atoms with Gasteiger partial charge in [0.2, 0.25) is 0 Å². The van der Waals surface area contributed by atoms with E-state index in [0.717, 1.165) is 44.5 Å². The predicted molar refractivity (Wildman–Crippen MR) is 91.5 cm³/mol. The Kier molecular flexibility index (Phi) is 6.28. The molecule has 0 saturated carbocycles. The quantitative estimate of drug-likeness (QED) is 0.875. The summed E-state index contributed by atoms with van der Waals surface area (Å²) in [5.74, 6) is 1.35. The summed E-state index contributed by atoms with van der Waals surface area (Å²) < 4.78 is 10.7. The number of aryl methyl sites for hydroxylation is 1. The monoisotopic (exact) mass is 320 g/mol. The topological polar surface area (TPSA) is 50.8 Å². The molecule has 0 aromatic heterocycles. The smallest absolute Gasteiger partial charge is 0.254 e. The van der Waals surface area contributed by atoms with Crippen LogP contribution >= 0.6 is 0 Å². The largest absolute Gasteiger partial charge is 0.493 e. The van der Waals surface area contributed by atoms with Crippen LogP contribution in [0.1, 0.15) is 42.1 Å². The van der Waals surface area contributed by atoms with Gasteiger partial charge in [0.25, 0.3) is 5.91 Å². The van der Waals surface area contributed by atoms with Gasteiger partial charge in [-0.05, 0) is 57.0 Å². The molecule has 0 bridgehead atoms. The van der Waals surface area contributed by atoms with E-state index in [0.29, 0.717) is 23.1 Å². The van der Waals surface area contributed by atoms with Crippen LogP contribution in [0.2, 0.25) is 0 Å². The van der Waals surface area contributed by atoms with Crippen molar-refractivity contribution >= 4 is 5.91 Å². The van der Waals surface area contributed by atoms with Crippen LogP contribution in [0.4, 0.5) is 0 Å². The molecule has 0 spiro atoms. The fourth-order valence-corrected chi connectivity index (χ4v) is 3.17. The van der Waals surface area contributed by atoms with Crippen molar-refractivity contribution in [3.8, 4) is 11.5 Å². The Hall–Kier alpha value is -1.75. The van der Waals surface area contributed by atoms with E-state index in [1.54, 1.807) is 20.3 Å². The molecule has 0 unspecified atom stereocenters. The van der Waals surface area contributed by atoms with Crippen LogP contribution in [-0.4, -0.2) is 50.7 Å². The zero-order chi connectivity index (χ0) is 16.8. The van der Waals surface area contributed by atoms with Crippen LogP contribution in [0.3, 0.4) is 0 Å². The number of carbonyl (C=O) groups excluding carboxylic acids is 1. The summed E-state index contributed by atoms with van der Waals surface area (Å²) in [6.07, 6.45) is 2.98. The molecule has 1 N–H and O–H groups in total. The maximum Gasteiger partial charge on any atom is 0.254 e. The van der Waals surface area contributed by atoms with E-state index in [9.17, 15) is 4.79 Å². The van der Waals surface area contributed by atoms with Gasteiger partial charge < -0.3 is 19.7 Å². The van der Waals surface area contributed by atoms with Crippen molar-refractivity contribution in [2.24, 2.45) is 0 Å². The first kappa shape index (κ1) is 17.6. The molecule has 2 rings (SSSR count). The third-order valence-corrected chi connectivity index (χ3v) is 4.44. The Morgan fingerprint density at radius 2 is 1.83 bits per heavy atom. The van der Waals surface area contributed by atoms with Crippen LogP contribution < -0.4 is 14.8 Å². The molecule has 0 atom stereocenters. The second-order valence-corrected chi connectivity index (χ2v) is 6.00. The lowest BCUT2D eigenvalue weighted by Crippen LogP contribution is -2.46. The molecule has 1 aliphatic heterocycles. The average Bonchev–Trinajstić information content (AvgIpc) is 2.59. The van der Waals surface area contributed by atoms with E-state index in [1.165, 1.54) is 0 Å². The summed E-state index contributed by atoms with van der Waals surface area (Å²) in [5.41, 5.74) is 1.62. The first-order valence-corrected chi connectivity index (χ1v) is 8.36. The molecule has 1 aromatic rings. The van der Waals surface area contributed by atoms with Crippen LogP contribution in [0.5, 0.6) is 11.5 Å². The Balaban J connectivity index is 2.31. The molecule has 1 amide bonds. The number of hydrogen-bond donors (Lipinski definition) is 1. The maximum atomic E-state index is 13.1. The van der Waals surface area contributed by atoms with E-state index >= 15 is 0 Å². The summed E-state index contributed by atoms with van der Waals surface area (Å²) in [6.45, 7) is 6.80. The minimum absolute atomic E-state index is 0.0946. The maximum absolute atomic E-state index is 13.1. The van der Waals surface area contributed by atoms with Crippen molar-refractivity contribution in [2.75, 3.05) is 33.9 Å². The molecule has 1 saturated heterocycles. The summed E-state index contributed by atoms with van der Waals surface area (Å²) >= 11 is 0. The number of carbonyl (C=O) groups is 1. The normalized spacial score (nSPS) is 15.3. The zero-order valence-corrected chi connectivity index (χ0v) is 14.6. The predicted octanol–water partition coefficient (Wildman–Crippen LogP) is 2.62. The number of methoxy groups -OCH3 is 2. The van der Waals surface area contributed by atoms with Crippen LogP contribution in [0.25, 0.3) is 0 Å². The molecule has 0 radical (unpaired) electrons. The number of benzene rings is 1. The Morgan fingerprint density at radius 3 is 2.39 bits per heavy atom. The fourth-order valence-electron chi connectivity index (χ4n) is 3.17. The first-order chi connectivity index (χ1) is 11.1. The van der Waals surface area contributed by atoms with Crippen molar-refractivity contribution in [3.05, 3.63) is 23.3 Å². The standard InChI is InChI=1S/C18H28N2O3/c1-5-10-20(14-6-8-19-9-7-14)18(21)15-12-17(23-4)16(22-3)11-13(15)2/h11-12,14,19H,5-10H2,1-4H3. The van der Waals surface area contributed by atoms with Gasteiger partial charge in [-0.15, -0.1) is 0 Å². The van der Waals surface area contributed by atoms with E-state index in [4.69, 9.17) is 9.47 Å². The summed E-state index contributed by atoms with van der Waals surface area (Å²) in [7, 11) is 3.20. The zero-order valence-electron chi connectivity index (χ0n) is 14.6. The highest BCUT2D eigenvalue weighted by atomic mass is 16.5. The third-order valence-electron chi connectivity index (χ3n) is 4.44. The lowest BCUT2D eigenvalue weighted by molar-refractivity contribution is 0.0641. The molecule has 128 valence electrons. The summed E-state index contributed by atoms with van der Waals surface area (Å²) in [6, 6.07) is 4.00. The SMILES string of the molecule is CCCN(C(=O)c1cc(OC)c(OC)cc1C)C1CCNCC1. The molecule has 1 aromatic carbocycles. The minimum Gasteiger partial charge on any atom is -0.493 e. The first-order valence-electron chi connectivity index (χ1n) is 8.36. The number of nitrogens with one attached hydrogen (secondary N) is 1. The summed E-state index contributed by atoms with van der Waals surface area (Å²) in [4.78, 5) is 15.2. The lowest BCUT2D eigenvalue weighted by atomic mass is 10.0. The lowest BCUT2D eigenvalue weighted by Gasteiger charge is -2.35. The van der Waals surface area contributed by atoms with Crippen molar-refractivity contribution in [1.82, 2.24) is 10.2 Å². The highest BCUT2D eigenvalue weighted by molar-refractivity contribution is 5.96. The molecular formula is C18H28N2O3. The number of rotatable bonds is 6. The Bertz CT molecular complexity index is 539. The molecule has 5 heteroatoms. The third kappa shape index (κ3) is 3.96. The van der Waals surface area contributed by atoms with E-state index in [2.05, 4.69) is 12.2 Å². The number of amides is 1. The molecular weight excluding hydrogens is 292 g/mol. The van der Waals surface area contributed by atoms with Gasteiger partial charge in [0.05, 0.1) is 14.2 Å². The number of nitrogens with zero attached hydrogens (tertiary/aromatic N) is 1. The van der Waals surface area contributed by atoms with Crippen LogP contribution in [-0.2, 0) is 0 Å². The number of ether oxygens (including phenoxy) is 2. The highest BCUT2D eigenvalue weighted by Crippen LogP contribution is 2.31. The molecule has 1 aliphatic rings. The van der Waals surface area contributed by atoms with Gasteiger partial charge in [0.15, 0.2) is 11.5 Å². The van der Waals surface area contributed by atoms with Gasteiger partial charge in [-0.2, -0.15) is 0 Å². The van der Waals surface area contributed by atoms with Crippen molar-refractivity contribution in [2.45, 2.75) is 39.2 Å². The van der Waals surface area contributed by atoms with E-state index in [1.807, 2.05) is 17.9 Å². The molecule has 1 heterocycles. The van der Waals surface area contributed by atoms with Gasteiger partial charge in [-0.1, -0.05) is 6.92 Å². The van der Waals surface area contributed by atoms with Crippen LogP contribution in [0.15, 0.2) is 12.1 Å². The van der Waals surface area contributed by atoms with Gasteiger partial charge in [-0.3, -0.25) is 4.79 Å². The number of hydrogen-bond acceptors (Lipinski definition) is 4. The molecule has 0 aliphatic carbocycles.